The predicted octanol–water partition coefficient (Wildman–Crippen LogP) is 6.29. The normalized spacial score (nSPS) is 15.6. The molecule has 0 saturated heterocycles. The van der Waals surface area contributed by atoms with Crippen LogP contribution in [0.5, 0.6) is 0 Å². The highest BCUT2D eigenvalue weighted by molar-refractivity contribution is 5.69. The Hall–Kier alpha value is -0.530. The largest absolute Gasteiger partial charge is 0.481 e. The zero-order chi connectivity index (χ0) is 16.1. The minimum Gasteiger partial charge on any atom is -0.481 e. The first-order valence-electron chi connectivity index (χ1n) is 9.20. The van der Waals surface area contributed by atoms with Crippen molar-refractivity contribution < 1.29 is 9.90 Å². The Morgan fingerprint density at radius 1 is 0.810 bits per heavy atom. The first kappa shape index (κ1) is 20.5. The molecule has 0 radical (unpaired) electrons. The number of hydrogen-bond acceptors (Lipinski definition) is 1. The lowest BCUT2D eigenvalue weighted by Crippen LogP contribution is -2.13. The van der Waals surface area contributed by atoms with Gasteiger partial charge in [0, 0.05) is 0 Å². The van der Waals surface area contributed by atoms with Gasteiger partial charge in [-0.25, -0.2) is 0 Å². The van der Waals surface area contributed by atoms with Crippen molar-refractivity contribution in [3.05, 3.63) is 0 Å². The van der Waals surface area contributed by atoms with Crippen LogP contribution >= 0.6 is 0 Å². The van der Waals surface area contributed by atoms with Crippen LogP contribution in [0.15, 0.2) is 0 Å². The molecular weight excluding hydrogens is 260 g/mol. The Morgan fingerprint density at radius 2 is 1.33 bits per heavy atom. The molecule has 0 heterocycles. The molecule has 126 valence electrons. The van der Waals surface area contributed by atoms with E-state index in [4.69, 9.17) is 5.11 Å². The number of rotatable bonds is 14. The summed E-state index contributed by atoms with van der Waals surface area (Å²) in [6.07, 6.45) is 14.2. The van der Waals surface area contributed by atoms with Crippen LogP contribution in [0.3, 0.4) is 0 Å². The highest BCUT2D eigenvalue weighted by Crippen LogP contribution is 2.22. The molecule has 3 atom stereocenters. The Bertz CT molecular complexity index is 250. The fourth-order valence-electron chi connectivity index (χ4n) is 3.05. The zero-order valence-electron chi connectivity index (χ0n) is 14.9. The first-order valence-corrected chi connectivity index (χ1v) is 9.20. The van der Waals surface area contributed by atoms with E-state index in [1.807, 2.05) is 6.92 Å². The Morgan fingerprint density at radius 3 is 1.95 bits per heavy atom. The third-order valence-corrected chi connectivity index (χ3v) is 4.62. The first-order chi connectivity index (χ1) is 9.97. The average Bonchev–Trinajstić information content (AvgIpc) is 2.42. The molecule has 0 aliphatic carbocycles. The average molecular weight is 299 g/mol. The van der Waals surface area contributed by atoms with Gasteiger partial charge in [0.1, 0.15) is 0 Å². The topological polar surface area (TPSA) is 37.3 Å². The van der Waals surface area contributed by atoms with Gasteiger partial charge in [-0.05, 0) is 18.3 Å². The van der Waals surface area contributed by atoms with E-state index in [-0.39, 0.29) is 5.92 Å². The summed E-state index contributed by atoms with van der Waals surface area (Å²) in [7, 11) is 0. The summed E-state index contributed by atoms with van der Waals surface area (Å²) >= 11 is 0. The predicted molar refractivity (Wildman–Crippen MR) is 91.6 cm³/mol. The number of hydrogen-bond donors (Lipinski definition) is 1. The molecule has 0 fully saturated rings. The van der Waals surface area contributed by atoms with E-state index < -0.39 is 5.97 Å². The van der Waals surface area contributed by atoms with Gasteiger partial charge in [0.05, 0.1) is 5.92 Å². The number of unbranched alkanes of at least 4 members (excludes halogenated alkanes) is 5. The molecule has 0 rings (SSSR count). The van der Waals surface area contributed by atoms with Crippen LogP contribution in [-0.2, 0) is 4.79 Å². The van der Waals surface area contributed by atoms with Crippen LogP contribution in [0.25, 0.3) is 0 Å². The van der Waals surface area contributed by atoms with Gasteiger partial charge < -0.3 is 5.11 Å². The fourth-order valence-corrected chi connectivity index (χ4v) is 3.05. The van der Waals surface area contributed by atoms with Crippen molar-refractivity contribution in [1.29, 1.82) is 0 Å². The van der Waals surface area contributed by atoms with Crippen LogP contribution in [0.4, 0.5) is 0 Å². The molecule has 2 nitrogen and oxygen atoms in total. The second kappa shape index (κ2) is 13.2. The number of carboxylic acid groups (broad SMARTS) is 1. The number of carbonyl (C=O) groups is 1. The summed E-state index contributed by atoms with van der Waals surface area (Å²) in [4.78, 5) is 10.8. The van der Waals surface area contributed by atoms with Gasteiger partial charge in [-0.1, -0.05) is 91.9 Å². The van der Waals surface area contributed by atoms with Gasteiger partial charge in [-0.15, -0.1) is 0 Å². The fraction of sp³-hybridized carbons (Fsp3) is 0.947. The monoisotopic (exact) mass is 298 g/mol. The third kappa shape index (κ3) is 12.9. The summed E-state index contributed by atoms with van der Waals surface area (Å²) in [5.41, 5.74) is 0. The van der Waals surface area contributed by atoms with Crippen molar-refractivity contribution in [3.63, 3.8) is 0 Å². The van der Waals surface area contributed by atoms with Crippen molar-refractivity contribution in [3.8, 4) is 0 Å². The van der Waals surface area contributed by atoms with E-state index in [2.05, 4.69) is 20.8 Å². The molecular formula is C19H38O2. The van der Waals surface area contributed by atoms with Gasteiger partial charge >= 0.3 is 5.97 Å². The maximum absolute atomic E-state index is 10.8. The van der Waals surface area contributed by atoms with E-state index in [1.165, 1.54) is 64.2 Å². The summed E-state index contributed by atoms with van der Waals surface area (Å²) in [6.45, 7) is 8.65. The lowest BCUT2D eigenvalue weighted by molar-refractivity contribution is -0.141. The molecule has 0 aromatic heterocycles. The van der Waals surface area contributed by atoms with E-state index in [9.17, 15) is 4.79 Å². The highest BCUT2D eigenvalue weighted by atomic mass is 16.4. The number of aliphatic carboxylic acids is 1. The quantitative estimate of drug-likeness (QED) is 0.383. The van der Waals surface area contributed by atoms with E-state index in [0.29, 0.717) is 5.92 Å². The third-order valence-electron chi connectivity index (χ3n) is 4.62. The lowest BCUT2D eigenvalue weighted by atomic mass is 9.90. The summed E-state index contributed by atoms with van der Waals surface area (Å²) in [5, 5.41) is 8.92. The van der Waals surface area contributed by atoms with Gasteiger partial charge in [0.25, 0.3) is 0 Å². The second-order valence-electron chi connectivity index (χ2n) is 7.17. The molecule has 21 heavy (non-hydrogen) atoms. The zero-order valence-corrected chi connectivity index (χ0v) is 14.9. The van der Waals surface area contributed by atoms with Gasteiger partial charge in [-0.3, -0.25) is 4.79 Å². The molecule has 0 amide bonds. The minimum atomic E-state index is -0.654. The van der Waals surface area contributed by atoms with Crippen molar-refractivity contribution in [1.82, 2.24) is 0 Å². The van der Waals surface area contributed by atoms with Crippen molar-refractivity contribution in [2.75, 3.05) is 0 Å². The van der Waals surface area contributed by atoms with Crippen molar-refractivity contribution in [2.45, 2.75) is 98.3 Å². The van der Waals surface area contributed by atoms with Crippen LogP contribution in [0, 0.1) is 17.8 Å². The molecule has 0 aliphatic heterocycles. The molecule has 0 spiro atoms. The van der Waals surface area contributed by atoms with E-state index >= 15 is 0 Å². The van der Waals surface area contributed by atoms with Crippen LogP contribution in [0.1, 0.15) is 98.3 Å². The summed E-state index contributed by atoms with van der Waals surface area (Å²) in [6, 6.07) is 0. The Labute approximate surface area is 132 Å². The lowest BCUT2D eigenvalue weighted by Gasteiger charge is -2.16. The minimum absolute atomic E-state index is 0.194. The van der Waals surface area contributed by atoms with Gasteiger partial charge in [0.2, 0.25) is 0 Å². The highest BCUT2D eigenvalue weighted by Gasteiger charge is 2.15. The number of carboxylic acids is 1. The Kier molecular flexibility index (Phi) is 12.8. The SMILES string of the molecule is CCCCCCCCC(C)CCCC(C)CC(C)C(=O)O. The van der Waals surface area contributed by atoms with Crippen molar-refractivity contribution in [2.24, 2.45) is 17.8 Å². The van der Waals surface area contributed by atoms with E-state index in [1.54, 1.807) is 0 Å². The van der Waals surface area contributed by atoms with Crippen LogP contribution < -0.4 is 0 Å². The van der Waals surface area contributed by atoms with Gasteiger partial charge in [-0.2, -0.15) is 0 Å². The van der Waals surface area contributed by atoms with Crippen LogP contribution in [0.2, 0.25) is 0 Å². The molecule has 0 aromatic rings. The Balaban J connectivity index is 3.48. The summed E-state index contributed by atoms with van der Waals surface area (Å²) in [5.74, 6) is 0.524. The maximum Gasteiger partial charge on any atom is 0.306 e. The standard InChI is InChI=1S/C19H38O2/c1-5-6-7-8-9-10-12-16(2)13-11-14-17(3)15-18(4)19(20)21/h16-18H,5-15H2,1-4H3,(H,20,21). The molecule has 0 aliphatic rings. The maximum atomic E-state index is 10.8. The molecule has 3 unspecified atom stereocenters. The molecule has 2 heteroatoms. The smallest absolute Gasteiger partial charge is 0.306 e. The second-order valence-corrected chi connectivity index (χ2v) is 7.17. The van der Waals surface area contributed by atoms with Crippen LogP contribution in [-0.4, -0.2) is 11.1 Å². The molecule has 0 saturated carbocycles. The van der Waals surface area contributed by atoms with Crippen molar-refractivity contribution >= 4 is 5.97 Å². The molecule has 0 aromatic carbocycles. The molecule has 0 bridgehead atoms. The van der Waals surface area contributed by atoms with Gasteiger partial charge in [0.15, 0.2) is 0 Å². The molecule has 1 N–H and O–H groups in total. The van der Waals surface area contributed by atoms with E-state index in [0.717, 1.165) is 12.3 Å². The summed E-state index contributed by atoms with van der Waals surface area (Å²) < 4.78 is 0.